The van der Waals surface area contributed by atoms with E-state index in [4.69, 9.17) is 0 Å². The second-order valence-corrected chi connectivity index (χ2v) is 7.30. The first-order chi connectivity index (χ1) is 10.7. The summed E-state index contributed by atoms with van der Waals surface area (Å²) in [7, 11) is -1.01. The van der Waals surface area contributed by atoms with Crippen molar-refractivity contribution in [2.75, 3.05) is 0 Å². The molecule has 0 N–H and O–H groups in total. The van der Waals surface area contributed by atoms with Crippen LogP contribution in [0, 0.1) is 0 Å². The minimum atomic E-state index is -1.01. The zero-order valence-electron chi connectivity index (χ0n) is 11.9. The van der Waals surface area contributed by atoms with Gasteiger partial charge in [0, 0.05) is 9.88 Å². The highest BCUT2D eigenvalue weighted by atomic mass is 79.9. The molecule has 0 aliphatic carbocycles. The van der Waals surface area contributed by atoms with Crippen molar-refractivity contribution in [3.05, 3.63) is 87.7 Å². The van der Waals surface area contributed by atoms with Crippen molar-refractivity contribution in [3.63, 3.8) is 0 Å². The molecule has 1 atom stereocenters. The summed E-state index contributed by atoms with van der Waals surface area (Å²) in [6.07, 6.45) is 1.93. The van der Waals surface area contributed by atoms with E-state index in [0.717, 1.165) is 15.6 Å². The highest BCUT2D eigenvalue weighted by Gasteiger charge is 1.99. The number of hydrogen-bond acceptors (Lipinski definition) is 1. The summed E-state index contributed by atoms with van der Waals surface area (Å²) in [6.45, 7) is 0. The molecule has 0 aliphatic rings. The highest BCUT2D eigenvalue weighted by Crippen LogP contribution is 2.17. The van der Waals surface area contributed by atoms with Crippen LogP contribution in [0.5, 0.6) is 0 Å². The van der Waals surface area contributed by atoms with Gasteiger partial charge in [0.05, 0.1) is 16.6 Å². The Bertz CT molecular complexity index is 837. The van der Waals surface area contributed by atoms with E-state index in [1.165, 1.54) is 10.8 Å². The van der Waals surface area contributed by atoms with Crippen molar-refractivity contribution in [1.82, 2.24) is 0 Å². The number of halogens is 1. The van der Waals surface area contributed by atoms with Crippen molar-refractivity contribution in [3.8, 4) is 0 Å². The number of hydrogen-bond donors (Lipinski definition) is 0. The first kappa shape index (κ1) is 15.2. The maximum Gasteiger partial charge on any atom is 0.0526 e. The number of benzene rings is 3. The molecular formula is C19H15BrOS. The lowest BCUT2D eigenvalue weighted by molar-refractivity contribution is 0.688. The van der Waals surface area contributed by atoms with Crippen molar-refractivity contribution < 1.29 is 4.21 Å². The third kappa shape index (κ3) is 3.93. The summed E-state index contributed by atoms with van der Waals surface area (Å²) in [5.41, 5.74) is 2.15. The molecule has 3 aromatic carbocycles. The number of fused-ring (bicyclic) bond motifs is 1. The molecule has 110 valence electrons. The van der Waals surface area contributed by atoms with Crippen LogP contribution in [0.3, 0.4) is 0 Å². The molecular weight excluding hydrogens is 356 g/mol. The first-order valence-corrected chi connectivity index (χ1v) is 9.17. The van der Waals surface area contributed by atoms with Gasteiger partial charge in [-0.1, -0.05) is 64.5 Å². The Morgan fingerprint density at radius 1 is 0.909 bits per heavy atom. The van der Waals surface area contributed by atoms with E-state index in [0.29, 0.717) is 5.75 Å². The molecule has 0 fully saturated rings. The largest absolute Gasteiger partial charge is 0.255 e. The lowest BCUT2D eigenvalue weighted by Crippen LogP contribution is -1.91. The molecule has 0 spiro atoms. The van der Waals surface area contributed by atoms with E-state index in [9.17, 15) is 4.21 Å². The molecule has 0 bridgehead atoms. The second kappa shape index (κ2) is 7.03. The second-order valence-electron chi connectivity index (χ2n) is 5.06. The van der Waals surface area contributed by atoms with Gasteiger partial charge in [-0.25, -0.2) is 0 Å². The maximum atomic E-state index is 12.1. The normalized spacial score (nSPS) is 12.8. The zero-order valence-corrected chi connectivity index (χ0v) is 14.3. The molecule has 0 saturated heterocycles. The quantitative estimate of drug-likeness (QED) is 0.590. The predicted molar refractivity (Wildman–Crippen MR) is 99.0 cm³/mol. The van der Waals surface area contributed by atoms with Gasteiger partial charge in [-0.3, -0.25) is 4.21 Å². The van der Waals surface area contributed by atoms with Crippen molar-refractivity contribution >= 4 is 43.6 Å². The van der Waals surface area contributed by atoms with E-state index >= 15 is 0 Å². The molecule has 0 saturated carbocycles. The summed E-state index contributed by atoms with van der Waals surface area (Å²) < 4.78 is 13.2. The molecule has 22 heavy (non-hydrogen) atoms. The van der Waals surface area contributed by atoms with Gasteiger partial charge in [0.15, 0.2) is 0 Å². The van der Waals surface area contributed by atoms with E-state index in [1.807, 2.05) is 42.5 Å². The van der Waals surface area contributed by atoms with Gasteiger partial charge in [0.25, 0.3) is 0 Å². The van der Waals surface area contributed by atoms with Gasteiger partial charge in [-0.05, 0) is 46.2 Å². The predicted octanol–water partition coefficient (Wildman–Crippen LogP) is 5.52. The van der Waals surface area contributed by atoms with E-state index < -0.39 is 10.8 Å². The van der Waals surface area contributed by atoms with Gasteiger partial charge < -0.3 is 0 Å². The first-order valence-electron chi connectivity index (χ1n) is 6.99. The lowest BCUT2D eigenvalue weighted by Gasteiger charge is -2.00. The Hall–Kier alpha value is -1.71. The van der Waals surface area contributed by atoms with Crippen LogP contribution >= 0.6 is 15.9 Å². The van der Waals surface area contributed by atoms with E-state index in [2.05, 4.69) is 46.3 Å². The maximum absolute atomic E-state index is 12.1. The van der Waals surface area contributed by atoms with Crippen LogP contribution in [0.25, 0.3) is 16.8 Å². The average Bonchev–Trinajstić information content (AvgIpc) is 2.55. The molecule has 0 radical (unpaired) electrons. The summed E-state index contributed by atoms with van der Waals surface area (Å²) in [5.74, 6) is 0.539. The van der Waals surface area contributed by atoms with Crippen LogP contribution in [0.2, 0.25) is 0 Å². The summed E-state index contributed by atoms with van der Waals surface area (Å²) in [4.78, 5) is 0. The monoisotopic (exact) mass is 370 g/mol. The lowest BCUT2D eigenvalue weighted by atomic mass is 10.1. The zero-order chi connectivity index (χ0) is 15.4. The highest BCUT2D eigenvalue weighted by molar-refractivity contribution is 9.10. The Kier molecular flexibility index (Phi) is 4.86. The minimum Gasteiger partial charge on any atom is -0.255 e. The van der Waals surface area contributed by atoms with Gasteiger partial charge in [0.1, 0.15) is 0 Å². The van der Waals surface area contributed by atoms with Crippen molar-refractivity contribution in [1.29, 1.82) is 0 Å². The Labute approximate surface area is 141 Å². The van der Waals surface area contributed by atoms with Crippen LogP contribution in [-0.4, -0.2) is 4.21 Å². The third-order valence-corrected chi connectivity index (χ3v) is 4.99. The van der Waals surface area contributed by atoms with E-state index in [-0.39, 0.29) is 0 Å². The Balaban J connectivity index is 1.71. The topological polar surface area (TPSA) is 17.1 Å². The molecule has 3 rings (SSSR count). The molecule has 0 amide bonds. The molecule has 1 nitrogen and oxygen atoms in total. The molecule has 3 heteroatoms. The van der Waals surface area contributed by atoms with Crippen LogP contribution in [-0.2, 0) is 16.6 Å². The minimum absolute atomic E-state index is 0.539. The Morgan fingerprint density at radius 3 is 2.41 bits per heavy atom. The van der Waals surface area contributed by atoms with Gasteiger partial charge in [-0.15, -0.1) is 0 Å². The van der Waals surface area contributed by atoms with Crippen LogP contribution in [0.1, 0.15) is 11.1 Å². The third-order valence-electron chi connectivity index (χ3n) is 3.41. The average molecular weight is 371 g/mol. The molecule has 0 aromatic heterocycles. The fourth-order valence-electron chi connectivity index (χ4n) is 2.26. The molecule has 3 aromatic rings. The summed E-state index contributed by atoms with van der Waals surface area (Å²) >= 11 is 3.40. The fourth-order valence-corrected chi connectivity index (χ4v) is 3.45. The standard InChI is InChI=1S/C19H15BrOS/c20-19-9-6-16(7-10-19)14-22(21)12-11-15-5-8-17-3-1-2-4-18(17)13-15/h1-13H,14H2/b12-11+. The summed E-state index contributed by atoms with van der Waals surface area (Å²) in [5, 5.41) is 4.19. The number of rotatable bonds is 4. The van der Waals surface area contributed by atoms with Gasteiger partial charge >= 0.3 is 0 Å². The summed E-state index contributed by atoms with van der Waals surface area (Å²) in [6, 6.07) is 22.4. The smallest absolute Gasteiger partial charge is 0.0526 e. The van der Waals surface area contributed by atoms with Crippen LogP contribution in [0.15, 0.2) is 76.6 Å². The van der Waals surface area contributed by atoms with Crippen LogP contribution < -0.4 is 0 Å². The molecule has 1 unspecified atom stereocenters. The van der Waals surface area contributed by atoms with Crippen molar-refractivity contribution in [2.45, 2.75) is 5.75 Å². The fraction of sp³-hybridized carbons (Fsp3) is 0.0526. The van der Waals surface area contributed by atoms with Crippen molar-refractivity contribution in [2.24, 2.45) is 0 Å². The van der Waals surface area contributed by atoms with E-state index in [1.54, 1.807) is 5.41 Å². The van der Waals surface area contributed by atoms with Gasteiger partial charge in [-0.2, -0.15) is 0 Å². The molecule has 0 heterocycles. The molecule has 0 aliphatic heterocycles. The van der Waals surface area contributed by atoms with Gasteiger partial charge in [0.2, 0.25) is 0 Å². The SMILES string of the molecule is O=S(/C=C/c1ccc2ccccc2c1)Cc1ccc(Br)cc1. The Morgan fingerprint density at radius 2 is 1.64 bits per heavy atom. The van der Waals surface area contributed by atoms with Crippen LogP contribution in [0.4, 0.5) is 0 Å².